The van der Waals surface area contributed by atoms with Crippen LogP contribution in [0.25, 0.3) is 0 Å². The second-order valence-electron chi connectivity index (χ2n) is 9.44. The number of aromatic nitrogens is 1. The van der Waals surface area contributed by atoms with E-state index in [0.29, 0.717) is 44.7 Å². The van der Waals surface area contributed by atoms with Crippen LogP contribution in [0.5, 0.6) is 5.75 Å². The van der Waals surface area contributed by atoms with Crippen LogP contribution in [0.15, 0.2) is 34.9 Å². The maximum atomic E-state index is 13.1. The highest BCUT2D eigenvalue weighted by molar-refractivity contribution is 5.92. The van der Waals surface area contributed by atoms with Crippen molar-refractivity contribution in [1.82, 2.24) is 14.8 Å². The minimum Gasteiger partial charge on any atom is -0.494 e. The molecule has 0 saturated carbocycles. The summed E-state index contributed by atoms with van der Waals surface area (Å²) < 4.78 is 16.4. The van der Waals surface area contributed by atoms with Crippen molar-refractivity contribution in [2.45, 2.75) is 66.6 Å². The summed E-state index contributed by atoms with van der Waals surface area (Å²) in [6.45, 7) is 13.5. The molecule has 192 valence electrons. The number of ether oxygens (including phenoxy) is 2. The fraction of sp³-hybridized carbons (Fsp3) is 0.593. The number of esters is 1. The van der Waals surface area contributed by atoms with E-state index >= 15 is 0 Å². The van der Waals surface area contributed by atoms with E-state index in [0.717, 1.165) is 25.1 Å². The van der Waals surface area contributed by atoms with Gasteiger partial charge in [0.25, 0.3) is 5.91 Å². The zero-order valence-electron chi connectivity index (χ0n) is 21.7. The molecule has 1 amide bonds. The molecule has 1 fully saturated rings. The first-order valence-electron chi connectivity index (χ1n) is 12.7. The highest BCUT2D eigenvalue weighted by Crippen LogP contribution is 2.22. The number of oxazole rings is 1. The molecule has 0 spiro atoms. The van der Waals surface area contributed by atoms with Gasteiger partial charge in [-0.2, -0.15) is 0 Å². The van der Waals surface area contributed by atoms with Gasteiger partial charge in [0.1, 0.15) is 12.0 Å². The number of piperidine rings is 1. The highest BCUT2D eigenvalue weighted by Gasteiger charge is 2.31. The third-order valence-electron chi connectivity index (χ3n) is 6.60. The number of hydrogen-bond donors (Lipinski definition) is 0. The minimum atomic E-state index is -0.282. The summed E-state index contributed by atoms with van der Waals surface area (Å²) in [7, 11) is 0. The lowest BCUT2D eigenvalue weighted by Gasteiger charge is -2.31. The molecule has 0 N–H and O–H groups in total. The molecule has 0 bridgehead atoms. The Kier molecular flexibility index (Phi) is 9.72. The van der Waals surface area contributed by atoms with Crippen molar-refractivity contribution < 1.29 is 23.5 Å². The predicted molar refractivity (Wildman–Crippen MR) is 133 cm³/mol. The van der Waals surface area contributed by atoms with Gasteiger partial charge in [0.2, 0.25) is 5.89 Å². The van der Waals surface area contributed by atoms with Crippen LogP contribution in [0.2, 0.25) is 0 Å². The third-order valence-corrected chi connectivity index (χ3v) is 6.60. The molecule has 1 aliphatic rings. The molecule has 8 heteroatoms. The maximum Gasteiger partial charge on any atom is 0.310 e. The van der Waals surface area contributed by atoms with Crippen molar-refractivity contribution in [3.8, 4) is 5.75 Å². The predicted octanol–water partition coefficient (Wildman–Crippen LogP) is 4.54. The lowest BCUT2D eigenvalue weighted by Crippen LogP contribution is -2.43. The standard InChI is InChI=1S/C27H39N3O5/c1-6-33-23-12-10-21(11-13-23)15-30(20(5)19(3)4)17-25-28-24(18-35-25)26(31)29-14-8-9-22(16-29)27(32)34-7-2/h10-13,18-20,22H,6-9,14-17H2,1-5H3/t20-,22+/m0/s1. The third kappa shape index (κ3) is 7.31. The highest BCUT2D eigenvalue weighted by atomic mass is 16.5. The Labute approximate surface area is 208 Å². The van der Waals surface area contributed by atoms with E-state index in [1.165, 1.54) is 11.8 Å². The topological polar surface area (TPSA) is 85.1 Å². The van der Waals surface area contributed by atoms with E-state index in [9.17, 15) is 9.59 Å². The van der Waals surface area contributed by atoms with Gasteiger partial charge in [0.05, 0.1) is 25.7 Å². The van der Waals surface area contributed by atoms with Crippen LogP contribution >= 0.6 is 0 Å². The fourth-order valence-corrected chi connectivity index (χ4v) is 4.29. The Hall–Kier alpha value is -2.87. The van der Waals surface area contributed by atoms with Crippen LogP contribution in [0.1, 0.15) is 69.4 Å². The van der Waals surface area contributed by atoms with Crippen molar-refractivity contribution >= 4 is 11.9 Å². The SMILES string of the molecule is CCOC(=O)[C@@H]1CCCN(C(=O)c2coc(CN(Cc3ccc(OCC)cc3)[C@@H](C)C(C)C)n2)C1. The van der Waals surface area contributed by atoms with Gasteiger partial charge in [-0.1, -0.05) is 26.0 Å². The van der Waals surface area contributed by atoms with Crippen LogP contribution in [0.4, 0.5) is 0 Å². The van der Waals surface area contributed by atoms with Gasteiger partial charge < -0.3 is 18.8 Å². The van der Waals surface area contributed by atoms with Gasteiger partial charge in [-0.25, -0.2) is 4.98 Å². The summed E-state index contributed by atoms with van der Waals surface area (Å²) in [6.07, 6.45) is 2.93. The molecule has 0 radical (unpaired) electrons. The Morgan fingerprint density at radius 2 is 1.89 bits per heavy atom. The average Bonchev–Trinajstić information content (AvgIpc) is 3.32. The number of nitrogens with zero attached hydrogens (tertiary/aromatic N) is 3. The molecule has 0 unspecified atom stereocenters. The molecule has 2 atom stereocenters. The van der Waals surface area contributed by atoms with E-state index in [2.05, 4.69) is 42.8 Å². The normalized spacial score (nSPS) is 17.0. The summed E-state index contributed by atoms with van der Waals surface area (Å²) >= 11 is 0. The lowest BCUT2D eigenvalue weighted by molar-refractivity contribution is -0.149. The van der Waals surface area contributed by atoms with Crippen LogP contribution in [-0.2, 0) is 22.6 Å². The summed E-state index contributed by atoms with van der Waals surface area (Å²) in [5.74, 6) is 1.07. The summed E-state index contributed by atoms with van der Waals surface area (Å²) in [6, 6.07) is 8.40. The first-order valence-corrected chi connectivity index (χ1v) is 12.7. The number of carbonyl (C=O) groups excluding carboxylic acids is 2. The first-order chi connectivity index (χ1) is 16.8. The van der Waals surface area contributed by atoms with Gasteiger partial charge in [-0.15, -0.1) is 0 Å². The molecule has 35 heavy (non-hydrogen) atoms. The van der Waals surface area contributed by atoms with E-state index in [-0.39, 0.29) is 29.5 Å². The molecule has 0 aliphatic carbocycles. The van der Waals surface area contributed by atoms with Gasteiger partial charge >= 0.3 is 5.97 Å². The number of hydrogen-bond acceptors (Lipinski definition) is 7. The molecule has 2 heterocycles. The van der Waals surface area contributed by atoms with E-state index in [4.69, 9.17) is 13.9 Å². The zero-order chi connectivity index (χ0) is 25.4. The number of amides is 1. The smallest absolute Gasteiger partial charge is 0.310 e. The van der Waals surface area contributed by atoms with Crippen molar-refractivity contribution in [1.29, 1.82) is 0 Å². The number of carbonyl (C=O) groups is 2. The Morgan fingerprint density at radius 3 is 2.54 bits per heavy atom. The second kappa shape index (κ2) is 12.7. The van der Waals surface area contributed by atoms with Gasteiger partial charge in [-0.05, 0) is 57.2 Å². The van der Waals surface area contributed by atoms with Gasteiger partial charge in [0, 0.05) is 25.7 Å². The van der Waals surface area contributed by atoms with Crippen LogP contribution in [0, 0.1) is 11.8 Å². The maximum absolute atomic E-state index is 13.1. The number of rotatable bonds is 11. The largest absolute Gasteiger partial charge is 0.494 e. The lowest BCUT2D eigenvalue weighted by atomic mass is 9.98. The van der Waals surface area contributed by atoms with Crippen molar-refractivity contribution in [3.05, 3.63) is 47.7 Å². The summed E-state index contributed by atoms with van der Waals surface area (Å²) in [5, 5.41) is 0. The van der Waals surface area contributed by atoms with Gasteiger partial charge in [0.15, 0.2) is 5.69 Å². The molecule has 1 aromatic heterocycles. The molecule has 2 aromatic rings. The zero-order valence-corrected chi connectivity index (χ0v) is 21.7. The van der Waals surface area contributed by atoms with E-state index in [1.54, 1.807) is 11.8 Å². The molecular weight excluding hydrogens is 446 g/mol. The summed E-state index contributed by atoms with van der Waals surface area (Å²) in [4.78, 5) is 33.7. The monoisotopic (exact) mass is 485 g/mol. The van der Waals surface area contributed by atoms with E-state index < -0.39 is 0 Å². The summed E-state index contributed by atoms with van der Waals surface area (Å²) in [5.41, 5.74) is 1.45. The Morgan fingerprint density at radius 1 is 1.14 bits per heavy atom. The van der Waals surface area contributed by atoms with Crippen molar-refractivity contribution in [2.75, 3.05) is 26.3 Å². The average molecular weight is 486 g/mol. The van der Waals surface area contributed by atoms with Crippen molar-refractivity contribution in [3.63, 3.8) is 0 Å². The molecule has 1 aromatic carbocycles. The second-order valence-corrected chi connectivity index (χ2v) is 9.44. The fourth-order valence-electron chi connectivity index (χ4n) is 4.29. The first kappa shape index (κ1) is 26.7. The molecule has 3 rings (SSSR count). The Balaban J connectivity index is 1.67. The minimum absolute atomic E-state index is 0.205. The molecular formula is C27H39N3O5. The number of likely N-dealkylation sites (tertiary alicyclic amines) is 1. The van der Waals surface area contributed by atoms with Crippen LogP contribution < -0.4 is 4.74 Å². The molecule has 8 nitrogen and oxygen atoms in total. The molecule has 1 aliphatic heterocycles. The molecule has 1 saturated heterocycles. The quantitative estimate of drug-likeness (QED) is 0.432. The number of benzene rings is 1. The van der Waals surface area contributed by atoms with Crippen LogP contribution in [-0.4, -0.2) is 59.0 Å². The van der Waals surface area contributed by atoms with Gasteiger partial charge in [-0.3, -0.25) is 14.5 Å². The van der Waals surface area contributed by atoms with Crippen molar-refractivity contribution in [2.24, 2.45) is 11.8 Å². The van der Waals surface area contributed by atoms with Crippen LogP contribution in [0.3, 0.4) is 0 Å². The van der Waals surface area contributed by atoms with E-state index in [1.807, 2.05) is 19.1 Å². The Bertz CT molecular complexity index is 956.